The van der Waals surface area contributed by atoms with Gasteiger partial charge < -0.3 is 9.84 Å². The third-order valence-corrected chi connectivity index (χ3v) is 4.46. The van der Waals surface area contributed by atoms with E-state index in [9.17, 15) is 0 Å². The van der Waals surface area contributed by atoms with Gasteiger partial charge in [0.2, 0.25) is 5.88 Å². The molecule has 0 spiro atoms. The van der Waals surface area contributed by atoms with E-state index in [1.165, 1.54) is 0 Å². The maximum absolute atomic E-state index is 9.03. The minimum atomic E-state index is 0.111. The fraction of sp³-hybridized carbons (Fsp3) is 0.375. The number of rotatable bonds is 5. The lowest BCUT2D eigenvalue weighted by Crippen LogP contribution is -2.00. The largest absolute Gasteiger partial charge is 0.435 e. The van der Waals surface area contributed by atoms with E-state index in [0.717, 1.165) is 25.8 Å². The van der Waals surface area contributed by atoms with Crippen molar-refractivity contribution in [3.8, 4) is 11.6 Å². The van der Waals surface area contributed by atoms with Crippen molar-refractivity contribution in [2.45, 2.75) is 33.1 Å². The fourth-order valence-corrected chi connectivity index (χ4v) is 3.61. The highest BCUT2D eigenvalue weighted by molar-refractivity contribution is 9.11. The summed E-state index contributed by atoms with van der Waals surface area (Å²) in [7, 11) is 0. The quantitative estimate of drug-likeness (QED) is 0.744. The number of ether oxygens (including phenoxy) is 1. The van der Waals surface area contributed by atoms with Gasteiger partial charge in [-0.1, -0.05) is 13.8 Å². The number of hydrogen-bond acceptors (Lipinski definition) is 4. The van der Waals surface area contributed by atoms with Crippen molar-refractivity contribution < 1.29 is 9.84 Å². The summed E-state index contributed by atoms with van der Waals surface area (Å²) in [4.78, 5) is 0. The van der Waals surface area contributed by atoms with Crippen molar-refractivity contribution in [3.05, 3.63) is 44.0 Å². The first-order valence-electron chi connectivity index (χ1n) is 7.03. The van der Waals surface area contributed by atoms with Crippen LogP contribution in [0.1, 0.15) is 36.6 Å². The molecule has 0 saturated carbocycles. The summed E-state index contributed by atoms with van der Waals surface area (Å²) >= 11 is 7.01. The zero-order valence-electron chi connectivity index (χ0n) is 12.7. The van der Waals surface area contributed by atoms with E-state index in [1.54, 1.807) is 0 Å². The molecule has 1 aromatic carbocycles. The average molecular weight is 430 g/mol. The maximum Gasteiger partial charge on any atom is 0.239 e. The van der Waals surface area contributed by atoms with Crippen LogP contribution in [0, 0.1) is 6.92 Å². The first-order valence-corrected chi connectivity index (χ1v) is 8.61. The molecule has 0 bridgehead atoms. The molecule has 0 unspecified atom stereocenters. The highest BCUT2D eigenvalue weighted by atomic mass is 79.9. The molecule has 1 N–H and O–H groups in total. The van der Waals surface area contributed by atoms with Crippen LogP contribution in [0.15, 0.2) is 27.1 Å². The molecule has 2 aromatic rings. The molecule has 4 nitrogen and oxygen atoms in total. The van der Waals surface area contributed by atoms with Gasteiger partial charge in [0, 0.05) is 12.7 Å². The lowest BCUT2D eigenvalue weighted by molar-refractivity contribution is 0.299. The molecule has 0 atom stereocenters. The van der Waals surface area contributed by atoms with Gasteiger partial charge in [-0.3, -0.25) is 0 Å². The SMILES string of the molecule is Cc1nnc(Oc2c(Br)cc(CCO)cc2Br)cc1C(C)C. The van der Waals surface area contributed by atoms with Gasteiger partial charge in [0.15, 0.2) is 5.75 Å². The molecule has 2 rings (SSSR count). The highest BCUT2D eigenvalue weighted by Crippen LogP contribution is 2.37. The van der Waals surface area contributed by atoms with Gasteiger partial charge in [0.1, 0.15) is 0 Å². The average Bonchev–Trinajstić information content (AvgIpc) is 2.44. The lowest BCUT2D eigenvalue weighted by Gasteiger charge is -2.13. The van der Waals surface area contributed by atoms with Crippen LogP contribution in [0.3, 0.4) is 0 Å². The zero-order valence-corrected chi connectivity index (χ0v) is 15.9. The van der Waals surface area contributed by atoms with E-state index >= 15 is 0 Å². The first-order chi connectivity index (χ1) is 10.4. The second-order valence-corrected chi connectivity index (χ2v) is 7.05. The van der Waals surface area contributed by atoms with Gasteiger partial charge in [-0.2, -0.15) is 5.10 Å². The number of aromatic nitrogens is 2. The van der Waals surface area contributed by atoms with E-state index in [2.05, 4.69) is 55.9 Å². The van der Waals surface area contributed by atoms with Crippen LogP contribution in [0.25, 0.3) is 0 Å². The molecule has 0 fully saturated rings. The second-order valence-electron chi connectivity index (χ2n) is 5.34. The van der Waals surface area contributed by atoms with Gasteiger partial charge in [-0.15, -0.1) is 5.10 Å². The summed E-state index contributed by atoms with van der Waals surface area (Å²) in [5.74, 6) is 1.47. The van der Waals surface area contributed by atoms with Crippen molar-refractivity contribution >= 4 is 31.9 Å². The van der Waals surface area contributed by atoms with Crippen molar-refractivity contribution in [2.24, 2.45) is 0 Å². The predicted octanol–water partition coefficient (Wildman–Crippen LogP) is 4.76. The van der Waals surface area contributed by atoms with Crippen LogP contribution >= 0.6 is 31.9 Å². The van der Waals surface area contributed by atoms with Crippen molar-refractivity contribution in [1.82, 2.24) is 10.2 Å². The predicted molar refractivity (Wildman–Crippen MR) is 93.6 cm³/mol. The van der Waals surface area contributed by atoms with Gasteiger partial charge in [-0.25, -0.2) is 0 Å². The minimum Gasteiger partial charge on any atom is -0.435 e. The maximum atomic E-state index is 9.03. The standard InChI is InChI=1S/C16H18Br2N2O2/c1-9(2)12-8-15(20-19-10(12)3)22-16-13(17)6-11(4-5-21)7-14(16)18/h6-9,21H,4-5H2,1-3H3. The monoisotopic (exact) mass is 428 g/mol. The molecule has 118 valence electrons. The number of aryl methyl sites for hydroxylation is 1. The molecule has 1 heterocycles. The number of aliphatic hydroxyl groups excluding tert-OH is 1. The van der Waals surface area contributed by atoms with Crippen LogP contribution in [-0.2, 0) is 6.42 Å². The summed E-state index contributed by atoms with van der Waals surface area (Å²) in [5, 5.41) is 17.3. The van der Waals surface area contributed by atoms with Crippen molar-refractivity contribution in [3.63, 3.8) is 0 Å². The molecule has 6 heteroatoms. The Bertz CT molecular complexity index is 652. The number of aliphatic hydroxyl groups is 1. The molecular formula is C16H18Br2N2O2. The summed E-state index contributed by atoms with van der Waals surface area (Å²) in [5.41, 5.74) is 3.05. The van der Waals surface area contributed by atoms with Gasteiger partial charge >= 0.3 is 0 Å². The molecule has 22 heavy (non-hydrogen) atoms. The Hall–Kier alpha value is -0.980. The molecule has 0 aliphatic carbocycles. The molecule has 0 amide bonds. The summed E-state index contributed by atoms with van der Waals surface area (Å²) in [6.45, 7) is 6.29. The Balaban J connectivity index is 2.33. The van der Waals surface area contributed by atoms with E-state index < -0.39 is 0 Å². The Labute approximate surface area is 147 Å². The van der Waals surface area contributed by atoms with Crippen LogP contribution in [-0.4, -0.2) is 21.9 Å². The van der Waals surface area contributed by atoms with Crippen LogP contribution in [0.4, 0.5) is 0 Å². The van der Waals surface area contributed by atoms with Gasteiger partial charge in [0.05, 0.1) is 14.6 Å². The van der Waals surface area contributed by atoms with E-state index in [-0.39, 0.29) is 6.61 Å². The third-order valence-electron chi connectivity index (χ3n) is 3.28. The lowest BCUT2D eigenvalue weighted by atomic mass is 10.0. The molecular weight excluding hydrogens is 412 g/mol. The first kappa shape index (κ1) is 17.4. The van der Waals surface area contributed by atoms with Crippen LogP contribution < -0.4 is 4.74 Å². The number of benzene rings is 1. The summed E-state index contributed by atoms with van der Waals surface area (Å²) in [6.07, 6.45) is 0.597. The Kier molecular flexibility index (Phi) is 5.94. The molecule has 0 radical (unpaired) electrons. The normalized spacial score (nSPS) is 11.0. The van der Waals surface area contributed by atoms with Gasteiger partial charge in [0.25, 0.3) is 0 Å². The van der Waals surface area contributed by atoms with E-state index in [4.69, 9.17) is 9.84 Å². The third kappa shape index (κ3) is 4.06. The Morgan fingerprint density at radius 3 is 2.32 bits per heavy atom. The second kappa shape index (κ2) is 7.53. The van der Waals surface area contributed by atoms with Crippen molar-refractivity contribution in [1.29, 1.82) is 0 Å². The van der Waals surface area contributed by atoms with Crippen LogP contribution in [0.2, 0.25) is 0 Å². The summed E-state index contributed by atoms with van der Waals surface area (Å²) < 4.78 is 7.50. The summed E-state index contributed by atoms with van der Waals surface area (Å²) in [6, 6.07) is 5.79. The van der Waals surface area contributed by atoms with E-state index in [0.29, 0.717) is 24.0 Å². The number of halogens is 2. The fourth-order valence-electron chi connectivity index (χ4n) is 2.17. The molecule has 0 aliphatic heterocycles. The minimum absolute atomic E-state index is 0.111. The highest BCUT2D eigenvalue weighted by Gasteiger charge is 2.13. The smallest absolute Gasteiger partial charge is 0.239 e. The van der Waals surface area contributed by atoms with Crippen LogP contribution in [0.5, 0.6) is 11.6 Å². The van der Waals surface area contributed by atoms with Crippen molar-refractivity contribution in [2.75, 3.05) is 6.61 Å². The number of nitrogens with zero attached hydrogens (tertiary/aromatic N) is 2. The van der Waals surface area contributed by atoms with E-state index in [1.807, 2.05) is 25.1 Å². The Morgan fingerprint density at radius 2 is 1.77 bits per heavy atom. The topological polar surface area (TPSA) is 55.2 Å². The Morgan fingerprint density at radius 1 is 1.14 bits per heavy atom. The molecule has 1 aromatic heterocycles. The zero-order chi connectivity index (χ0) is 16.3. The number of hydrogen-bond donors (Lipinski definition) is 1. The molecule has 0 aliphatic rings. The van der Waals surface area contributed by atoms with Gasteiger partial charge in [-0.05, 0) is 74.4 Å². The molecule has 0 saturated heterocycles.